The number of carbonyl (C=O) groups excluding carboxylic acids is 2. The topological polar surface area (TPSA) is 56.4 Å². The quantitative estimate of drug-likeness (QED) is 0.520. The van der Waals surface area contributed by atoms with E-state index in [1.165, 1.54) is 5.56 Å². The van der Waals surface area contributed by atoms with E-state index in [0.717, 1.165) is 33.3 Å². The van der Waals surface area contributed by atoms with Crippen LogP contribution in [0.1, 0.15) is 34.0 Å². The summed E-state index contributed by atoms with van der Waals surface area (Å²) in [5.41, 5.74) is 6.43. The molecule has 3 aromatic carbocycles. The van der Waals surface area contributed by atoms with Gasteiger partial charge in [-0.05, 0) is 29.7 Å². The van der Waals surface area contributed by atoms with Crippen molar-refractivity contribution in [2.75, 3.05) is 6.54 Å². The number of nitrogens with zero attached hydrogens (tertiary/aromatic N) is 2. The zero-order valence-corrected chi connectivity index (χ0v) is 18.5. The average molecular weight is 436 g/mol. The van der Waals surface area contributed by atoms with Crippen LogP contribution in [0.4, 0.5) is 0 Å². The molecule has 1 fully saturated rings. The molecule has 2 unspecified atom stereocenters. The van der Waals surface area contributed by atoms with Crippen molar-refractivity contribution in [2.24, 2.45) is 0 Å². The Balaban J connectivity index is 1.44. The second-order valence-electron chi connectivity index (χ2n) is 9.08. The molecule has 2 amide bonds. The van der Waals surface area contributed by atoms with Crippen molar-refractivity contribution in [2.45, 2.75) is 32.0 Å². The number of hydrogen-bond acceptors (Lipinski definition) is 2. The molecule has 1 saturated heterocycles. The molecule has 164 valence electrons. The Morgan fingerprint density at radius 2 is 1.64 bits per heavy atom. The third kappa shape index (κ3) is 3.23. The first-order chi connectivity index (χ1) is 16.1. The van der Waals surface area contributed by atoms with Gasteiger partial charge in [0.25, 0.3) is 0 Å². The van der Waals surface area contributed by atoms with Gasteiger partial charge < -0.3 is 14.8 Å². The van der Waals surface area contributed by atoms with E-state index in [1.807, 2.05) is 78.6 Å². The van der Waals surface area contributed by atoms with Crippen molar-refractivity contribution in [3.8, 4) is 0 Å². The van der Waals surface area contributed by atoms with Gasteiger partial charge in [0.05, 0.1) is 6.04 Å². The second-order valence-corrected chi connectivity index (χ2v) is 9.08. The predicted molar refractivity (Wildman–Crippen MR) is 128 cm³/mol. The first-order valence-electron chi connectivity index (χ1n) is 11.4. The van der Waals surface area contributed by atoms with Crippen molar-refractivity contribution in [1.82, 2.24) is 14.8 Å². The SMILES string of the molecule is Cc1ccc(CN2CC(=O)N3C(Cc4c([nH]c5ccccc45)C3c3ccccc3)C2=O)cc1. The van der Waals surface area contributed by atoms with Crippen LogP contribution in [0.2, 0.25) is 0 Å². The summed E-state index contributed by atoms with van der Waals surface area (Å²) in [6.07, 6.45) is 0.525. The highest BCUT2D eigenvalue weighted by atomic mass is 16.2. The Morgan fingerprint density at radius 3 is 2.42 bits per heavy atom. The summed E-state index contributed by atoms with van der Waals surface area (Å²) in [4.78, 5) is 34.4. The normalized spacial score (nSPS) is 20.2. The van der Waals surface area contributed by atoms with Crippen molar-refractivity contribution >= 4 is 22.7 Å². The number of fused-ring (bicyclic) bond motifs is 4. The van der Waals surface area contributed by atoms with Gasteiger partial charge >= 0.3 is 0 Å². The summed E-state index contributed by atoms with van der Waals surface area (Å²) in [7, 11) is 0. The van der Waals surface area contributed by atoms with E-state index in [9.17, 15) is 9.59 Å². The van der Waals surface area contributed by atoms with E-state index in [-0.39, 0.29) is 24.4 Å². The molecule has 1 aromatic heterocycles. The molecule has 6 rings (SSSR count). The highest BCUT2D eigenvalue weighted by molar-refractivity contribution is 5.97. The first-order valence-corrected chi connectivity index (χ1v) is 11.4. The first kappa shape index (κ1) is 19.8. The molecule has 0 aliphatic carbocycles. The van der Waals surface area contributed by atoms with Gasteiger partial charge in [0.15, 0.2) is 0 Å². The number of piperazine rings is 1. The molecule has 2 aliphatic heterocycles. The summed E-state index contributed by atoms with van der Waals surface area (Å²) in [6.45, 7) is 2.59. The van der Waals surface area contributed by atoms with Gasteiger partial charge in [-0.2, -0.15) is 0 Å². The number of para-hydroxylation sites is 1. The molecule has 3 heterocycles. The maximum Gasteiger partial charge on any atom is 0.246 e. The fourth-order valence-corrected chi connectivity index (χ4v) is 5.35. The number of nitrogens with one attached hydrogen (secondary N) is 1. The Hall–Kier alpha value is -3.86. The van der Waals surface area contributed by atoms with Crippen LogP contribution < -0.4 is 0 Å². The van der Waals surface area contributed by atoms with Gasteiger partial charge in [-0.15, -0.1) is 0 Å². The van der Waals surface area contributed by atoms with Crippen molar-refractivity contribution in [1.29, 1.82) is 0 Å². The van der Waals surface area contributed by atoms with Gasteiger partial charge in [0.1, 0.15) is 12.6 Å². The predicted octanol–water partition coefficient (Wildman–Crippen LogP) is 4.36. The molecule has 1 N–H and O–H groups in total. The van der Waals surface area contributed by atoms with Gasteiger partial charge in [0.2, 0.25) is 11.8 Å². The number of hydrogen-bond donors (Lipinski definition) is 1. The lowest BCUT2D eigenvalue weighted by Gasteiger charge is -2.47. The third-order valence-electron chi connectivity index (χ3n) is 6.95. The second kappa shape index (κ2) is 7.62. The minimum absolute atomic E-state index is 0.00938. The zero-order chi connectivity index (χ0) is 22.5. The van der Waals surface area contributed by atoms with E-state index in [1.54, 1.807) is 4.90 Å². The lowest BCUT2D eigenvalue weighted by Crippen LogP contribution is -2.62. The van der Waals surface area contributed by atoms with Crippen LogP contribution in [-0.2, 0) is 22.6 Å². The summed E-state index contributed by atoms with van der Waals surface area (Å²) in [6, 6.07) is 25.6. The number of H-pyrrole nitrogens is 1. The maximum absolute atomic E-state index is 13.7. The van der Waals surface area contributed by atoms with Crippen LogP contribution in [0.3, 0.4) is 0 Å². The maximum atomic E-state index is 13.7. The van der Waals surface area contributed by atoms with E-state index >= 15 is 0 Å². The molecular weight excluding hydrogens is 410 g/mol. The number of rotatable bonds is 3. The lowest BCUT2D eigenvalue weighted by molar-refractivity contribution is -0.159. The zero-order valence-electron chi connectivity index (χ0n) is 18.5. The van der Waals surface area contributed by atoms with Gasteiger partial charge in [0, 0.05) is 29.6 Å². The molecule has 2 atom stereocenters. The molecule has 5 heteroatoms. The Kier molecular flexibility index (Phi) is 4.57. The molecule has 2 aliphatic rings. The van der Waals surface area contributed by atoms with Crippen molar-refractivity contribution < 1.29 is 9.59 Å². The molecule has 0 bridgehead atoms. The summed E-state index contributed by atoms with van der Waals surface area (Å²) in [5, 5.41) is 1.13. The van der Waals surface area contributed by atoms with Gasteiger partial charge in [-0.3, -0.25) is 9.59 Å². The fraction of sp³-hybridized carbons (Fsp3) is 0.214. The van der Waals surface area contributed by atoms with Crippen LogP contribution >= 0.6 is 0 Å². The molecular formula is C28H25N3O2. The lowest BCUT2D eigenvalue weighted by atomic mass is 9.86. The number of aromatic amines is 1. The number of amides is 2. The Bertz CT molecular complexity index is 1360. The number of aryl methyl sites for hydroxylation is 1. The number of aromatic nitrogens is 1. The highest BCUT2D eigenvalue weighted by Crippen LogP contribution is 2.42. The summed E-state index contributed by atoms with van der Waals surface area (Å²) >= 11 is 0. The van der Waals surface area contributed by atoms with Crippen molar-refractivity contribution in [3.63, 3.8) is 0 Å². The van der Waals surface area contributed by atoms with E-state index < -0.39 is 6.04 Å². The molecule has 0 saturated carbocycles. The number of benzene rings is 3. The largest absolute Gasteiger partial charge is 0.356 e. The van der Waals surface area contributed by atoms with Crippen LogP contribution in [-0.4, -0.2) is 39.2 Å². The van der Waals surface area contributed by atoms with E-state index in [4.69, 9.17) is 0 Å². The Labute approximate surface area is 192 Å². The standard InChI is InChI=1S/C28H25N3O2/c1-18-11-13-19(14-12-18)16-30-17-25(32)31-24(28(30)33)15-22-21-9-5-6-10-23(21)29-26(22)27(31)20-7-3-2-4-8-20/h2-14,24,27,29H,15-17H2,1H3. The van der Waals surface area contributed by atoms with Crippen LogP contribution in [0.15, 0.2) is 78.9 Å². The smallest absolute Gasteiger partial charge is 0.246 e. The van der Waals surface area contributed by atoms with Gasteiger partial charge in [-0.25, -0.2) is 0 Å². The molecule has 33 heavy (non-hydrogen) atoms. The highest BCUT2D eigenvalue weighted by Gasteiger charge is 2.48. The monoisotopic (exact) mass is 435 g/mol. The third-order valence-corrected chi connectivity index (χ3v) is 6.95. The van der Waals surface area contributed by atoms with Crippen LogP contribution in [0.25, 0.3) is 10.9 Å². The average Bonchev–Trinajstić information content (AvgIpc) is 3.21. The fourth-order valence-electron chi connectivity index (χ4n) is 5.35. The van der Waals surface area contributed by atoms with E-state index in [0.29, 0.717) is 13.0 Å². The summed E-state index contributed by atoms with van der Waals surface area (Å²) in [5.74, 6) is 0.0110. The minimum atomic E-state index is -0.506. The van der Waals surface area contributed by atoms with Gasteiger partial charge in [-0.1, -0.05) is 78.4 Å². The molecule has 0 spiro atoms. The van der Waals surface area contributed by atoms with E-state index in [2.05, 4.69) is 17.1 Å². The molecule has 4 aromatic rings. The molecule has 5 nitrogen and oxygen atoms in total. The van der Waals surface area contributed by atoms with Crippen LogP contribution in [0, 0.1) is 6.92 Å². The Morgan fingerprint density at radius 1 is 0.909 bits per heavy atom. The van der Waals surface area contributed by atoms with Crippen molar-refractivity contribution in [3.05, 3.63) is 107 Å². The minimum Gasteiger partial charge on any atom is -0.356 e. The number of carbonyl (C=O) groups is 2. The van der Waals surface area contributed by atoms with Crippen LogP contribution in [0.5, 0.6) is 0 Å². The summed E-state index contributed by atoms with van der Waals surface area (Å²) < 4.78 is 0. The molecule has 0 radical (unpaired) electrons.